The number of hydrogen-bond acceptors (Lipinski definition) is 3. The van der Waals surface area contributed by atoms with E-state index in [1.54, 1.807) is 18.2 Å². The van der Waals surface area contributed by atoms with Gasteiger partial charge in [0.15, 0.2) is 0 Å². The van der Waals surface area contributed by atoms with Gasteiger partial charge >= 0.3 is 0 Å². The van der Waals surface area contributed by atoms with Gasteiger partial charge in [-0.15, -0.1) is 0 Å². The highest BCUT2D eigenvalue weighted by atomic mass is 16.3. The van der Waals surface area contributed by atoms with Crippen molar-refractivity contribution in [1.29, 1.82) is 0 Å². The van der Waals surface area contributed by atoms with Crippen LogP contribution < -0.4 is 11.1 Å². The first-order valence-electron chi connectivity index (χ1n) is 8.01. The first-order valence-corrected chi connectivity index (χ1v) is 8.01. The van der Waals surface area contributed by atoms with Crippen LogP contribution >= 0.6 is 0 Å². The van der Waals surface area contributed by atoms with E-state index >= 15 is 0 Å². The Bertz CT molecular complexity index is 701. The number of carbonyl (C=O) groups is 1. The van der Waals surface area contributed by atoms with Crippen LogP contribution in [-0.4, -0.2) is 23.6 Å². The number of aryl methyl sites for hydroxylation is 2. The van der Waals surface area contributed by atoms with Crippen LogP contribution in [0, 0.1) is 13.8 Å². The molecule has 0 unspecified atom stereocenters. The van der Waals surface area contributed by atoms with Gasteiger partial charge in [-0.2, -0.15) is 0 Å². The highest BCUT2D eigenvalue weighted by Crippen LogP contribution is 2.21. The molecule has 0 fully saturated rings. The number of amides is 1. The van der Waals surface area contributed by atoms with Crippen LogP contribution in [0.1, 0.15) is 22.3 Å². The minimum atomic E-state index is -0.180. The van der Waals surface area contributed by atoms with Crippen molar-refractivity contribution >= 4 is 12.0 Å². The summed E-state index contributed by atoms with van der Waals surface area (Å²) in [5.41, 5.74) is 10.3. The van der Waals surface area contributed by atoms with Crippen LogP contribution in [-0.2, 0) is 11.2 Å². The van der Waals surface area contributed by atoms with Gasteiger partial charge in [0.2, 0.25) is 5.91 Å². The summed E-state index contributed by atoms with van der Waals surface area (Å²) in [6, 6.07) is 12.9. The van der Waals surface area contributed by atoms with E-state index in [4.69, 9.17) is 5.73 Å². The molecule has 0 heterocycles. The van der Waals surface area contributed by atoms with Crippen LogP contribution in [0.4, 0.5) is 0 Å². The van der Waals surface area contributed by atoms with Crippen molar-refractivity contribution in [3.05, 3.63) is 70.8 Å². The standard InChI is InChI=1S/C20H24N2O2/c1-14-10-18(23)11-15(2)19(14)12-17(21)13-22-20(24)9-8-16-6-4-3-5-7-16/h3-11,17,23H,12-13,21H2,1-2H3,(H,22,24)/t17-/m0/s1. The van der Waals surface area contributed by atoms with Crippen molar-refractivity contribution in [3.8, 4) is 5.75 Å². The summed E-state index contributed by atoms with van der Waals surface area (Å²) >= 11 is 0. The summed E-state index contributed by atoms with van der Waals surface area (Å²) < 4.78 is 0. The fraction of sp³-hybridized carbons (Fsp3) is 0.250. The van der Waals surface area contributed by atoms with E-state index in [0.29, 0.717) is 13.0 Å². The van der Waals surface area contributed by atoms with Crippen LogP contribution in [0.25, 0.3) is 6.08 Å². The molecule has 1 amide bonds. The third kappa shape index (κ3) is 5.25. The summed E-state index contributed by atoms with van der Waals surface area (Å²) in [4.78, 5) is 11.9. The van der Waals surface area contributed by atoms with Crippen LogP contribution in [0.2, 0.25) is 0 Å². The number of benzene rings is 2. The lowest BCUT2D eigenvalue weighted by molar-refractivity contribution is -0.116. The maximum Gasteiger partial charge on any atom is 0.244 e. The summed E-state index contributed by atoms with van der Waals surface area (Å²) in [6.07, 6.45) is 3.94. The van der Waals surface area contributed by atoms with Crippen molar-refractivity contribution in [2.75, 3.05) is 6.54 Å². The van der Waals surface area contributed by atoms with Crippen molar-refractivity contribution in [1.82, 2.24) is 5.32 Å². The van der Waals surface area contributed by atoms with Crippen molar-refractivity contribution in [2.24, 2.45) is 5.73 Å². The minimum absolute atomic E-state index is 0.159. The lowest BCUT2D eigenvalue weighted by atomic mass is 9.96. The monoisotopic (exact) mass is 324 g/mol. The Kier molecular flexibility index (Phi) is 6.15. The molecular formula is C20H24N2O2. The highest BCUT2D eigenvalue weighted by Gasteiger charge is 2.10. The summed E-state index contributed by atoms with van der Waals surface area (Å²) in [5.74, 6) is 0.107. The number of phenols is 1. The Morgan fingerprint density at radius 3 is 2.46 bits per heavy atom. The maximum atomic E-state index is 11.9. The molecule has 0 radical (unpaired) electrons. The lowest BCUT2D eigenvalue weighted by Crippen LogP contribution is -2.38. The van der Waals surface area contributed by atoms with Crippen LogP contribution in [0.5, 0.6) is 5.75 Å². The molecule has 126 valence electrons. The van der Waals surface area contributed by atoms with E-state index < -0.39 is 0 Å². The molecule has 1 atom stereocenters. The summed E-state index contributed by atoms with van der Waals surface area (Å²) in [6.45, 7) is 4.31. The molecule has 0 saturated carbocycles. The molecule has 0 bridgehead atoms. The zero-order chi connectivity index (χ0) is 17.5. The third-order valence-electron chi connectivity index (χ3n) is 3.91. The molecule has 0 aliphatic heterocycles. The Morgan fingerprint density at radius 1 is 1.21 bits per heavy atom. The smallest absolute Gasteiger partial charge is 0.244 e. The molecule has 0 saturated heterocycles. The second kappa shape index (κ2) is 8.31. The number of aromatic hydroxyl groups is 1. The van der Waals surface area contributed by atoms with E-state index in [-0.39, 0.29) is 17.7 Å². The van der Waals surface area contributed by atoms with E-state index in [1.807, 2.05) is 44.2 Å². The molecule has 2 aromatic rings. The fourth-order valence-corrected chi connectivity index (χ4v) is 2.65. The zero-order valence-electron chi connectivity index (χ0n) is 14.1. The Labute approximate surface area is 143 Å². The second-order valence-corrected chi connectivity index (χ2v) is 6.01. The van der Waals surface area contributed by atoms with Gasteiger partial charge in [-0.1, -0.05) is 30.3 Å². The number of nitrogens with one attached hydrogen (secondary N) is 1. The predicted octanol–water partition coefficient (Wildman–Crippen LogP) is 2.71. The van der Waals surface area contributed by atoms with Gasteiger partial charge < -0.3 is 16.2 Å². The van der Waals surface area contributed by atoms with E-state index in [2.05, 4.69) is 5.32 Å². The molecule has 4 N–H and O–H groups in total. The first kappa shape index (κ1) is 17.8. The zero-order valence-corrected chi connectivity index (χ0v) is 14.1. The summed E-state index contributed by atoms with van der Waals surface area (Å²) in [5, 5.41) is 12.4. The van der Waals surface area contributed by atoms with Crippen molar-refractivity contribution in [3.63, 3.8) is 0 Å². The number of carbonyl (C=O) groups excluding carboxylic acids is 1. The molecule has 4 nitrogen and oxygen atoms in total. The minimum Gasteiger partial charge on any atom is -0.508 e. The number of hydrogen-bond donors (Lipinski definition) is 3. The Balaban J connectivity index is 1.86. The second-order valence-electron chi connectivity index (χ2n) is 6.01. The average Bonchev–Trinajstić information content (AvgIpc) is 2.55. The molecule has 2 aromatic carbocycles. The molecule has 0 spiro atoms. The van der Waals surface area contributed by atoms with Crippen LogP contribution in [0.15, 0.2) is 48.5 Å². The molecule has 2 rings (SSSR count). The lowest BCUT2D eigenvalue weighted by Gasteiger charge is -2.16. The normalized spacial score (nSPS) is 12.3. The van der Waals surface area contributed by atoms with Gasteiger partial charge in [-0.3, -0.25) is 4.79 Å². The van der Waals surface area contributed by atoms with E-state index in [1.165, 1.54) is 6.08 Å². The maximum absolute atomic E-state index is 11.9. The van der Waals surface area contributed by atoms with Gasteiger partial charge in [0.05, 0.1) is 0 Å². The molecule has 4 heteroatoms. The van der Waals surface area contributed by atoms with Gasteiger partial charge in [-0.05, 0) is 60.7 Å². The highest BCUT2D eigenvalue weighted by molar-refractivity contribution is 5.91. The van der Waals surface area contributed by atoms with Gasteiger partial charge in [0.25, 0.3) is 0 Å². The van der Waals surface area contributed by atoms with Gasteiger partial charge in [0.1, 0.15) is 5.75 Å². The van der Waals surface area contributed by atoms with Crippen molar-refractivity contribution < 1.29 is 9.90 Å². The number of nitrogens with two attached hydrogens (primary N) is 1. The Morgan fingerprint density at radius 2 is 1.83 bits per heavy atom. The number of phenolic OH excluding ortho intramolecular Hbond substituents is 1. The predicted molar refractivity (Wildman–Crippen MR) is 97.7 cm³/mol. The SMILES string of the molecule is Cc1cc(O)cc(C)c1C[C@H](N)CNC(=O)C=Cc1ccccc1. The molecule has 0 aliphatic carbocycles. The van der Waals surface area contributed by atoms with Gasteiger partial charge in [-0.25, -0.2) is 0 Å². The topological polar surface area (TPSA) is 75.3 Å². The third-order valence-corrected chi connectivity index (χ3v) is 3.91. The first-order chi connectivity index (χ1) is 11.5. The number of rotatable bonds is 6. The molecule has 0 aromatic heterocycles. The molecule has 24 heavy (non-hydrogen) atoms. The van der Waals surface area contributed by atoms with Gasteiger partial charge in [0, 0.05) is 18.7 Å². The summed E-state index contributed by atoms with van der Waals surface area (Å²) in [7, 11) is 0. The Hall–Kier alpha value is -2.59. The van der Waals surface area contributed by atoms with E-state index in [9.17, 15) is 9.90 Å². The fourth-order valence-electron chi connectivity index (χ4n) is 2.65. The average molecular weight is 324 g/mol. The quantitative estimate of drug-likeness (QED) is 0.715. The largest absolute Gasteiger partial charge is 0.508 e. The molecule has 0 aliphatic rings. The van der Waals surface area contributed by atoms with E-state index in [0.717, 1.165) is 22.3 Å². The molecular weight excluding hydrogens is 300 g/mol. The van der Waals surface area contributed by atoms with Crippen LogP contribution in [0.3, 0.4) is 0 Å². The van der Waals surface area contributed by atoms with Crippen molar-refractivity contribution in [2.45, 2.75) is 26.3 Å².